The third-order valence-corrected chi connectivity index (χ3v) is 14.7. The molecule has 0 saturated heterocycles. The Morgan fingerprint density at radius 1 is 0.161 bits per heavy atom. The predicted octanol–water partition coefficient (Wildman–Crippen LogP) is 43.0. The molecule has 14 aromatic rings. The van der Waals surface area contributed by atoms with Crippen LogP contribution in [0.1, 0.15) is 299 Å². The van der Waals surface area contributed by atoms with E-state index < -0.39 is 0 Å². The summed E-state index contributed by atoms with van der Waals surface area (Å²) in [7, 11) is 0. The van der Waals surface area contributed by atoms with E-state index in [-0.39, 0.29) is 0 Å². The summed E-state index contributed by atoms with van der Waals surface area (Å²) >= 11 is 0. The first-order valence-corrected chi connectivity index (χ1v) is 48.2. The van der Waals surface area contributed by atoms with Gasteiger partial charge in [-0.1, -0.05) is 522 Å². The van der Waals surface area contributed by atoms with E-state index in [4.69, 9.17) is 0 Å². The number of hydrogen-bond donors (Lipinski definition) is 0. The van der Waals surface area contributed by atoms with E-state index in [1.54, 1.807) is 0 Å². The van der Waals surface area contributed by atoms with Gasteiger partial charge < -0.3 is 18.9 Å². The molecule has 0 bridgehead atoms. The van der Waals surface area contributed by atoms with Crippen LogP contribution in [0, 0.1) is 0 Å². The molecule has 0 fully saturated rings. The maximum Gasteiger partial charge on any atom is 0.0541 e. The summed E-state index contributed by atoms with van der Waals surface area (Å²) in [5, 5.41) is 5.16. The number of benzene rings is 12. The average molecular weight is 1680 g/mol. The third kappa shape index (κ3) is 46.9. The van der Waals surface area contributed by atoms with Crippen LogP contribution in [-0.4, -0.2) is 9.13 Å². The Morgan fingerprint density at radius 2 is 0.355 bits per heavy atom. The standard InChI is InChI=1S/2C20H15N.2C20H17N.20C2H6/c1-2-15-8-7-9-16(14-15)21-19-12-5-3-10-17(19)18-11-4-6-13-20(18)21;1-2-15-11-13-16(14-12-15)21-19-9-5-3-7-17(19)18-8-4-6-10-20(18)21;1-2-17-10-9-15-20(16-17)21(18-11-5-3-6-12-18)19-13-7-4-8-14-19;1-2-17-13-15-20(16-14-17)21(18-9-5-3-6-10-18)19-11-7-4-8-12-19;20*1-2/h2*2-14H,1H2;2*2-16H,1H2;20*1-2H3. The van der Waals surface area contributed by atoms with Gasteiger partial charge in [0.05, 0.1) is 22.1 Å². The molecular weight excluding hydrogens is 1500 g/mol. The molecule has 2 aromatic heterocycles. The van der Waals surface area contributed by atoms with Gasteiger partial charge >= 0.3 is 0 Å². The van der Waals surface area contributed by atoms with E-state index in [2.05, 4.69) is 336 Å². The zero-order valence-electron chi connectivity index (χ0n) is 86.9. The van der Waals surface area contributed by atoms with Crippen molar-refractivity contribution < 1.29 is 0 Å². The molecule has 0 N–H and O–H groups in total. The van der Waals surface area contributed by atoms with Gasteiger partial charge in [0, 0.05) is 67.0 Å². The molecule has 684 valence electrons. The van der Waals surface area contributed by atoms with Crippen molar-refractivity contribution in [1.82, 2.24) is 9.13 Å². The first-order valence-electron chi connectivity index (χ1n) is 48.2. The van der Waals surface area contributed by atoms with E-state index in [1.807, 2.05) is 326 Å². The second kappa shape index (κ2) is 101. The van der Waals surface area contributed by atoms with Gasteiger partial charge in [0.15, 0.2) is 0 Å². The van der Waals surface area contributed by atoms with Crippen LogP contribution in [0.4, 0.5) is 34.1 Å². The van der Waals surface area contributed by atoms with Crippen molar-refractivity contribution in [1.29, 1.82) is 0 Å². The summed E-state index contributed by atoms with van der Waals surface area (Å²) < 4.78 is 4.63. The average Bonchev–Trinajstić information content (AvgIpc) is 1.61. The zero-order valence-corrected chi connectivity index (χ0v) is 86.9. The molecule has 2 heterocycles. The van der Waals surface area contributed by atoms with Gasteiger partial charge in [-0.3, -0.25) is 0 Å². The van der Waals surface area contributed by atoms with E-state index in [9.17, 15) is 0 Å². The first-order chi connectivity index (χ1) is 61.5. The zero-order chi connectivity index (χ0) is 97.5. The molecule has 0 spiro atoms. The minimum atomic E-state index is 1.12. The SMILES string of the molecule is C=Cc1ccc(-n2c3ccccc3c3ccccc32)cc1.C=Cc1ccc(N(c2ccccc2)c2ccccc2)cc1.C=Cc1cccc(-n2c3ccccc3c3ccccc32)c1.C=Cc1cccc(N(c2ccccc2)c2ccccc2)c1.CC.CC.CC.CC.CC.CC.CC.CC.CC.CC.CC.CC.CC.CC.CC.CC.CC.CC.CC.CC. The van der Waals surface area contributed by atoms with Crippen LogP contribution in [0.2, 0.25) is 0 Å². The molecular formula is C120H184N4. The summed E-state index contributed by atoms with van der Waals surface area (Å²) in [4.78, 5) is 4.49. The highest BCUT2D eigenvalue weighted by Crippen LogP contribution is 2.38. The van der Waals surface area contributed by atoms with Gasteiger partial charge in [0.25, 0.3) is 0 Å². The smallest absolute Gasteiger partial charge is 0.0541 e. The van der Waals surface area contributed by atoms with Crippen LogP contribution in [0.5, 0.6) is 0 Å². The molecule has 0 amide bonds. The highest BCUT2D eigenvalue weighted by Gasteiger charge is 2.15. The van der Waals surface area contributed by atoms with Crippen LogP contribution in [0.25, 0.3) is 79.3 Å². The Bertz CT molecular complexity index is 4300. The van der Waals surface area contributed by atoms with Gasteiger partial charge in [-0.2, -0.15) is 0 Å². The molecule has 0 atom stereocenters. The highest BCUT2D eigenvalue weighted by atomic mass is 15.1. The molecule has 4 heteroatoms. The number of para-hydroxylation sites is 8. The van der Waals surface area contributed by atoms with Crippen LogP contribution in [0.3, 0.4) is 0 Å². The lowest BCUT2D eigenvalue weighted by Crippen LogP contribution is -2.09. The number of hydrogen-bond acceptors (Lipinski definition) is 2. The molecule has 14 rings (SSSR count). The Labute approximate surface area is 768 Å². The Balaban J connectivity index is -0.000000153. The second-order valence-electron chi connectivity index (χ2n) is 19.9. The van der Waals surface area contributed by atoms with Gasteiger partial charge in [-0.15, -0.1) is 0 Å². The Hall–Kier alpha value is -11.2. The second-order valence-corrected chi connectivity index (χ2v) is 19.9. The molecule has 12 aromatic carbocycles. The summed E-state index contributed by atoms with van der Waals surface area (Å²) in [5.74, 6) is 0. The summed E-state index contributed by atoms with van der Waals surface area (Å²) in [6.45, 7) is 95.4. The summed E-state index contributed by atoms with van der Waals surface area (Å²) in [6.07, 6.45) is 7.49. The molecule has 0 aliphatic heterocycles. The number of anilines is 6. The normalized spacial score (nSPS) is 8.13. The molecule has 0 radical (unpaired) electrons. The molecule has 0 aliphatic carbocycles. The molecule has 0 saturated carbocycles. The molecule has 124 heavy (non-hydrogen) atoms. The molecule has 0 unspecified atom stereocenters. The summed E-state index contributed by atoms with van der Waals surface area (Å²) in [6, 6.07) is 110. The lowest BCUT2D eigenvalue weighted by Gasteiger charge is -2.25. The molecule has 0 aliphatic rings. The third-order valence-electron chi connectivity index (χ3n) is 14.7. The quantitative estimate of drug-likeness (QED) is 0.121. The van der Waals surface area contributed by atoms with Gasteiger partial charge in [0.2, 0.25) is 0 Å². The van der Waals surface area contributed by atoms with Crippen molar-refractivity contribution in [3.05, 3.63) is 364 Å². The van der Waals surface area contributed by atoms with Crippen molar-refractivity contribution in [3.8, 4) is 11.4 Å². The number of nitrogens with zero attached hydrogens (tertiary/aromatic N) is 4. The first kappa shape index (κ1) is 133. The number of rotatable bonds is 12. The Kier molecular flexibility index (Phi) is 108. The van der Waals surface area contributed by atoms with Crippen molar-refractivity contribution in [2.75, 3.05) is 9.80 Å². The highest BCUT2D eigenvalue weighted by molar-refractivity contribution is 6.10. The van der Waals surface area contributed by atoms with Crippen LogP contribution < -0.4 is 9.80 Å². The van der Waals surface area contributed by atoms with Crippen molar-refractivity contribution in [3.63, 3.8) is 0 Å². The van der Waals surface area contributed by atoms with E-state index in [0.717, 1.165) is 56.4 Å². The van der Waals surface area contributed by atoms with E-state index >= 15 is 0 Å². The predicted molar refractivity (Wildman–Crippen MR) is 591 cm³/mol. The van der Waals surface area contributed by atoms with Crippen LogP contribution >= 0.6 is 0 Å². The van der Waals surface area contributed by atoms with Crippen LogP contribution in [-0.2, 0) is 0 Å². The minimum absolute atomic E-state index is 1.12. The topological polar surface area (TPSA) is 16.3 Å². The van der Waals surface area contributed by atoms with Gasteiger partial charge in [-0.05, 0) is 144 Å². The van der Waals surface area contributed by atoms with Crippen molar-refractivity contribution in [2.24, 2.45) is 0 Å². The fourth-order valence-electron chi connectivity index (χ4n) is 10.7. The van der Waals surface area contributed by atoms with Crippen LogP contribution in [0.15, 0.2) is 342 Å². The summed E-state index contributed by atoms with van der Waals surface area (Å²) in [5.41, 5.74) is 18.7. The monoisotopic (exact) mass is 1680 g/mol. The van der Waals surface area contributed by atoms with Crippen molar-refractivity contribution in [2.45, 2.75) is 277 Å². The largest absolute Gasteiger partial charge is 0.311 e. The van der Waals surface area contributed by atoms with Gasteiger partial charge in [0.1, 0.15) is 0 Å². The maximum absolute atomic E-state index is 3.87. The van der Waals surface area contributed by atoms with Gasteiger partial charge in [-0.25, -0.2) is 0 Å². The lowest BCUT2D eigenvalue weighted by atomic mass is 10.1. The Morgan fingerprint density at radius 3 is 0.613 bits per heavy atom. The fraction of sp³-hybridized carbons (Fsp3) is 0.333. The fourth-order valence-corrected chi connectivity index (χ4v) is 10.7. The number of fused-ring (bicyclic) bond motifs is 6. The van der Waals surface area contributed by atoms with Crippen molar-refractivity contribution >= 4 is 102 Å². The van der Waals surface area contributed by atoms with E-state index in [1.165, 1.54) is 55.0 Å². The van der Waals surface area contributed by atoms with E-state index in [0.29, 0.717) is 0 Å². The maximum atomic E-state index is 3.87. The molecule has 4 nitrogen and oxygen atoms in total. The number of aromatic nitrogens is 2. The lowest BCUT2D eigenvalue weighted by molar-refractivity contribution is 1.18. The minimum Gasteiger partial charge on any atom is -0.311 e.